The number of ketones is 1. The van der Waals surface area contributed by atoms with Crippen molar-refractivity contribution in [3.05, 3.63) is 59.7 Å². The molecule has 0 aliphatic rings. The lowest BCUT2D eigenvalue weighted by atomic mass is 9.89. The molecule has 0 saturated heterocycles. The Hall–Kier alpha value is -2.82. The van der Waals surface area contributed by atoms with Crippen LogP contribution >= 0.6 is 0 Å². The molecule has 0 aliphatic carbocycles. The molecule has 0 bridgehead atoms. The van der Waals surface area contributed by atoms with Gasteiger partial charge in [-0.25, -0.2) is 0 Å². The highest BCUT2D eigenvalue weighted by Gasteiger charge is 2.34. The summed E-state index contributed by atoms with van der Waals surface area (Å²) in [5.74, 6) is -1.32. The number of carbonyl (C=O) groups excluding carboxylic acids is 2. The van der Waals surface area contributed by atoms with E-state index in [2.05, 4.69) is 6.92 Å². The molecule has 2 aromatic rings. The second kappa shape index (κ2) is 10.4. The molecular formula is C22H26O5. The van der Waals surface area contributed by atoms with Crippen LogP contribution in [0.25, 0.3) is 0 Å². The molecule has 0 N–H and O–H groups in total. The van der Waals surface area contributed by atoms with Crippen LogP contribution in [0, 0.1) is 0 Å². The predicted octanol–water partition coefficient (Wildman–Crippen LogP) is 4.40. The Morgan fingerprint density at radius 2 is 1.52 bits per heavy atom. The summed E-state index contributed by atoms with van der Waals surface area (Å²) in [7, 11) is 2.96. The first-order chi connectivity index (χ1) is 13.1. The van der Waals surface area contributed by atoms with E-state index >= 15 is 0 Å². The molecular weight excluding hydrogens is 344 g/mol. The van der Waals surface area contributed by atoms with E-state index in [0.717, 1.165) is 19.3 Å². The van der Waals surface area contributed by atoms with E-state index in [1.54, 1.807) is 42.5 Å². The molecule has 0 amide bonds. The van der Waals surface area contributed by atoms with Gasteiger partial charge in [0.25, 0.3) is 0 Å². The average Bonchev–Trinajstić information content (AvgIpc) is 2.71. The molecule has 5 nitrogen and oxygen atoms in total. The average molecular weight is 370 g/mol. The Balaban J connectivity index is 2.39. The number of Topliss-reactive ketones (excluding diaryl/α,β-unsaturated/α-hetero) is 1. The standard InChI is InChI=1S/C22H26O5/c1-4-5-9-15-27-22(24)19(16-11-7-6-8-12-16)21(23)20-17(25-2)13-10-14-18(20)26-3/h6-8,10-14,19H,4-5,9,15H2,1-3H3. The molecule has 0 fully saturated rings. The van der Waals surface area contributed by atoms with E-state index in [0.29, 0.717) is 23.7 Å². The second-order valence-electron chi connectivity index (χ2n) is 6.12. The first-order valence-corrected chi connectivity index (χ1v) is 9.10. The van der Waals surface area contributed by atoms with Crippen molar-refractivity contribution in [2.24, 2.45) is 0 Å². The van der Waals surface area contributed by atoms with E-state index in [4.69, 9.17) is 14.2 Å². The van der Waals surface area contributed by atoms with Crippen LogP contribution in [0.5, 0.6) is 11.5 Å². The van der Waals surface area contributed by atoms with Crippen molar-refractivity contribution in [3.63, 3.8) is 0 Å². The Morgan fingerprint density at radius 3 is 2.07 bits per heavy atom. The van der Waals surface area contributed by atoms with Gasteiger partial charge >= 0.3 is 5.97 Å². The van der Waals surface area contributed by atoms with E-state index in [9.17, 15) is 9.59 Å². The largest absolute Gasteiger partial charge is 0.496 e. The summed E-state index contributed by atoms with van der Waals surface area (Å²) >= 11 is 0. The summed E-state index contributed by atoms with van der Waals surface area (Å²) in [5.41, 5.74) is 0.817. The fourth-order valence-corrected chi connectivity index (χ4v) is 2.89. The van der Waals surface area contributed by atoms with Crippen molar-refractivity contribution in [3.8, 4) is 11.5 Å². The van der Waals surface area contributed by atoms with Crippen LogP contribution in [0.2, 0.25) is 0 Å². The number of methoxy groups -OCH3 is 2. The zero-order valence-electron chi connectivity index (χ0n) is 16.1. The third-order valence-corrected chi connectivity index (χ3v) is 4.30. The van der Waals surface area contributed by atoms with Crippen LogP contribution < -0.4 is 9.47 Å². The van der Waals surface area contributed by atoms with Crippen LogP contribution in [-0.2, 0) is 9.53 Å². The lowest BCUT2D eigenvalue weighted by Crippen LogP contribution is -2.25. The number of carbonyl (C=O) groups is 2. The topological polar surface area (TPSA) is 61.8 Å². The minimum atomic E-state index is -1.07. The maximum atomic E-state index is 13.4. The Labute approximate surface area is 160 Å². The summed E-state index contributed by atoms with van der Waals surface area (Å²) < 4.78 is 16.1. The van der Waals surface area contributed by atoms with Crippen molar-refractivity contribution in [2.45, 2.75) is 32.1 Å². The molecule has 0 spiro atoms. The smallest absolute Gasteiger partial charge is 0.321 e. The van der Waals surface area contributed by atoms with Gasteiger partial charge in [0.15, 0.2) is 5.78 Å². The third-order valence-electron chi connectivity index (χ3n) is 4.30. The van der Waals surface area contributed by atoms with Crippen molar-refractivity contribution >= 4 is 11.8 Å². The second-order valence-corrected chi connectivity index (χ2v) is 6.12. The van der Waals surface area contributed by atoms with E-state index in [-0.39, 0.29) is 5.56 Å². The lowest BCUT2D eigenvalue weighted by Gasteiger charge is -2.18. The van der Waals surface area contributed by atoms with Crippen LogP contribution in [-0.4, -0.2) is 32.6 Å². The van der Waals surface area contributed by atoms with Crippen molar-refractivity contribution < 1.29 is 23.8 Å². The van der Waals surface area contributed by atoms with Gasteiger partial charge in [-0.15, -0.1) is 0 Å². The normalized spacial score (nSPS) is 11.5. The molecule has 0 saturated carbocycles. The SMILES string of the molecule is CCCCCOC(=O)C(C(=O)c1c(OC)cccc1OC)c1ccccc1. The molecule has 27 heavy (non-hydrogen) atoms. The van der Waals surface area contributed by atoms with Gasteiger partial charge in [-0.3, -0.25) is 9.59 Å². The zero-order chi connectivity index (χ0) is 19.6. The maximum Gasteiger partial charge on any atom is 0.321 e. The van der Waals surface area contributed by atoms with Crippen molar-refractivity contribution in [2.75, 3.05) is 20.8 Å². The highest BCUT2D eigenvalue weighted by Crippen LogP contribution is 2.34. The number of esters is 1. The van der Waals surface area contributed by atoms with Gasteiger partial charge in [0.1, 0.15) is 23.0 Å². The quantitative estimate of drug-likeness (QED) is 0.268. The van der Waals surface area contributed by atoms with Crippen LogP contribution in [0.4, 0.5) is 0 Å². The van der Waals surface area contributed by atoms with E-state index in [1.807, 2.05) is 6.07 Å². The molecule has 0 aromatic heterocycles. The van der Waals surface area contributed by atoms with Gasteiger partial charge in [0.2, 0.25) is 0 Å². The van der Waals surface area contributed by atoms with E-state index in [1.165, 1.54) is 14.2 Å². The fourth-order valence-electron chi connectivity index (χ4n) is 2.89. The van der Waals surface area contributed by atoms with Crippen LogP contribution in [0.15, 0.2) is 48.5 Å². The molecule has 0 radical (unpaired) electrons. The molecule has 144 valence electrons. The summed E-state index contributed by atoms with van der Waals surface area (Å²) in [5, 5.41) is 0. The van der Waals surface area contributed by atoms with Crippen LogP contribution in [0.1, 0.15) is 48.0 Å². The van der Waals surface area contributed by atoms with Gasteiger partial charge in [-0.05, 0) is 24.1 Å². The first-order valence-electron chi connectivity index (χ1n) is 9.10. The van der Waals surface area contributed by atoms with Gasteiger partial charge in [0.05, 0.1) is 20.8 Å². The lowest BCUT2D eigenvalue weighted by molar-refractivity contribution is -0.144. The zero-order valence-corrected chi connectivity index (χ0v) is 16.1. The molecule has 1 unspecified atom stereocenters. The van der Waals surface area contributed by atoms with Gasteiger partial charge < -0.3 is 14.2 Å². The molecule has 2 aromatic carbocycles. The molecule has 2 rings (SSSR count). The van der Waals surface area contributed by atoms with E-state index < -0.39 is 17.7 Å². The number of rotatable bonds is 10. The summed E-state index contributed by atoms with van der Waals surface area (Å²) in [6.07, 6.45) is 2.77. The minimum Gasteiger partial charge on any atom is -0.496 e. The predicted molar refractivity (Wildman–Crippen MR) is 104 cm³/mol. The van der Waals surface area contributed by atoms with Crippen LogP contribution in [0.3, 0.4) is 0 Å². The number of benzene rings is 2. The Bertz CT molecular complexity index is 732. The maximum absolute atomic E-state index is 13.4. The van der Waals surface area contributed by atoms with Crippen molar-refractivity contribution in [1.82, 2.24) is 0 Å². The molecule has 0 heterocycles. The highest BCUT2D eigenvalue weighted by atomic mass is 16.5. The molecule has 5 heteroatoms. The molecule has 0 aliphatic heterocycles. The summed E-state index contributed by atoms with van der Waals surface area (Å²) in [6.45, 7) is 2.37. The monoisotopic (exact) mass is 370 g/mol. The highest BCUT2D eigenvalue weighted by molar-refractivity contribution is 6.15. The third kappa shape index (κ3) is 5.09. The summed E-state index contributed by atoms with van der Waals surface area (Å²) in [6, 6.07) is 14.0. The van der Waals surface area contributed by atoms with Gasteiger partial charge in [-0.1, -0.05) is 56.2 Å². The van der Waals surface area contributed by atoms with Gasteiger partial charge in [-0.2, -0.15) is 0 Å². The Kier molecular flexibility index (Phi) is 7.86. The number of hydrogen-bond acceptors (Lipinski definition) is 5. The number of ether oxygens (including phenoxy) is 3. The molecule has 1 atom stereocenters. The Morgan fingerprint density at radius 1 is 0.889 bits per heavy atom. The number of unbranched alkanes of at least 4 members (excludes halogenated alkanes) is 2. The van der Waals surface area contributed by atoms with Gasteiger partial charge in [0, 0.05) is 0 Å². The first kappa shape index (κ1) is 20.5. The summed E-state index contributed by atoms with van der Waals surface area (Å²) in [4.78, 5) is 26.2. The fraction of sp³-hybridized carbons (Fsp3) is 0.364. The van der Waals surface area contributed by atoms with Crippen molar-refractivity contribution in [1.29, 1.82) is 0 Å². The number of hydrogen-bond donors (Lipinski definition) is 0. The minimum absolute atomic E-state index is 0.238.